The van der Waals surface area contributed by atoms with Crippen molar-refractivity contribution in [3.63, 3.8) is 0 Å². The molecule has 0 heterocycles. The zero-order chi connectivity index (χ0) is 9.56. The number of carbonyl (C=O) groups is 1. The molecular formula is C9H20N2O. The van der Waals surface area contributed by atoms with Crippen LogP contribution in [-0.4, -0.2) is 19.0 Å². The quantitative estimate of drug-likeness (QED) is 0.617. The molecule has 2 atom stereocenters. The van der Waals surface area contributed by atoms with Gasteiger partial charge >= 0.3 is 0 Å². The first-order valence-corrected chi connectivity index (χ1v) is 4.71. The largest absolute Gasteiger partial charge is 0.359 e. The van der Waals surface area contributed by atoms with Crippen LogP contribution in [0.3, 0.4) is 0 Å². The summed E-state index contributed by atoms with van der Waals surface area (Å²) in [7, 11) is 1.67. The lowest BCUT2D eigenvalue weighted by Crippen LogP contribution is -2.26. The van der Waals surface area contributed by atoms with Crippen LogP contribution in [0.4, 0.5) is 0 Å². The second-order valence-corrected chi connectivity index (χ2v) is 2.88. The number of hydrogen-bond donors (Lipinski definition) is 2. The molecule has 3 N–H and O–H groups in total. The van der Waals surface area contributed by atoms with E-state index in [1.165, 1.54) is 0 Å². The van der Waals surface area contributed by atoms with Gasteiger partial charge in [0.1, 0.15) is 0 Å². The van der Waals surface area contributed by atoms with Gasteiger partial charge in [-0.3, -0.25) is 4.79 Å². The number of carbonyl (C=O) groups excluding carboxylic acids is 1. The average molecular weight is 172 g/mol. The average Bonchev–Trinajstić information content (AvgIpc) is 2.54. The number of rotatable bonds is 1. The Kier molecular flexibility index (Phi) is 5.72. The third-order valence-corrected chi connectivity index (χ3v) is 2.09. The summed E-state index contributed by atoms with van der Waals surface area (Å²) in [4.78, 5) is 11.0. The summed E-state index contributed by atoms with van der Waals surface area (Å²) in [6, 6.07) is 0.252. The number of nitrogens with one attached hydrogen (secondary N) is 1. The van der Waals surface area contributed by atoms with Crippen LogP contribution in [0.25, 0.3) is 0 Å². The molecule has 0 saturated heterocycles. The standard InChI is InChI=1S/C7H14N2O.C2H6/c1-9-7(10)5-2-3-6(8)4-5;1-2/h5-6H,2-4,8H2,1H3,(H,9,10);1-2H3. The molecule has 12 heavy (non-hydrogen) atoms. The molecule has 1 rings (SSSR count). The van der Waals surface area contributed by atoms with Crippen LogP contribution in [0.5, 0.6) is 0 Å². The Morgan fingerprint density at radius 1 is 1.42 bits per heavy atom. The highest BCUT2D eigenvalue weighted by Gasteiger charge is 2.26. The lowest BCUT2D eigenvalue weighted by molar-refractivity contribution is -0.124. The summed E-state index contributed by atoms with van der Waals surface area (Å²) in [5.74, 6) is 0.327. The van der Waals surface area contributed by atoms with Crippen molar-refractivity contribution in [2.75, 3.05) is 7.05 Å². The van der Waals surface area contributed by atoms with Gasteiger partial charge in [-0.15, -0.1) is 0 Å². The first-order valence-electron chi connectivity index (χ1n) is 4.71. The molecule has 1 fully saturated rings. The Balaban J connectivity index is 0.000000561. The minimum absolute atomic E-state index is 0.146. The van der Waals surface area contributed by atoms with E-state index in [-0.39, 0.29) is 17.9 Å². The molecule has 1 amide bonds. The number of hydrogen-bond acceptors (Lipinski definition) is 2. The van der Waals surface area contributed by atoms with Gasteiger partial charge in [0.2, 0.25) is 5.91 Å². The number of nitrogens with two attached hydrogens (primary N) is 1. The Hall–Kier alpha value is -0.570. The van der Waals surface area contributed by atoms with Gasteiger partial charge in [-0.2, -0.15) is 0 Å². The fraction of sp³-hybridized carbons (Fsp3) is 0.889. The van der Waals surface area contributed by atoms with Gasteiger partial charge in [0, 0.05) is 19.0 Å². The maximum Gasteiger partial charge on any atom is 0.222 e. The molecule has 0 aromatic carbocycles. The van der Waals surface area contributed by atoms with Crippen molar-refractivity contribution >= 4 is 5.91 Å². The van der Waals surface area contributed by atoms with E-state index in [1.54, 1.807) is 7.05 Å². The van der Waals surface area contributed by atoms with Crippen LogP contribution in [0.15, 0.2) is 0 Å². The smallest absolute Gasteiger partial charge is 0.222 e. The number of amides is 1. The maximum absolute atomic E-state index is 11.0. The van der Waals surface area contributed by atoms with Crippen LogP contribution >= 0.6 is 0 Å². The predicted octanol–water partition coefficient (Wildman–Crippen LogP) is 0.886. The van der Waals surface area contributed by atoms with Gasteiger partial charge in [0.25, 0.3) is 0 Å². The van der Waals surface area contributed by atoms with Gasteiger partial charge in [-0.05, 0) is 19.3 Å². The minimum atomic E-state index is 0.146. The highest BCUT2D eigenvalue weighted by Crippen LogP contribution is 2.23. The molecular weight excluding hydrogens is 152 g/mol. The van der Waals surface area contributed by atoms with Crippen molar-refractivity contribution in [3.8, 4) is 0 Å². The van der Waals surface area contributed by atoms with E-state index in [2.05, 4.69) is 5.32 Å². The van der Waals surface area contributed by atoms with Crippen LogP contribution < -0.4 is 11.1 Å². The second kappa shape index (κ2) is 6.00. The van der Waals surface area contributed by atoms with Crippen molar-refractivity contribution in [2.45, 2.75) is 39.2 Å². The van der Waals surface area contributed by atoms with Crippen LogP contribution in [-0.2, 0) is 4.79 Å². The monoisotopic (exact) mass is 172 g/mol. The van der Waals surface area contributed by atoms with E-state index in [0.717, 1.165) is 19.3 Å². The third-order valence-electron chi connectivity index (χ3n) is 2.09. The summed E-state index contributed by atoms with van der Waals surface area (Å²) >= 11 is 0. The molecule has 1 aliphatic carbocycles. The molecule has 0 aromatic heterocycles. The Bertz CT molecular complexity index is 136. The van der Waals surface area contributed by atoms with E-state index in [4.69, 9.17) is 5.73 Å². The molecule has 0 radical (unpaired) electrons. The third kappa shape index (κ3) is 3.22. The fourth-order valence-corrected chi connectivity index (χ4v) is 1.46. The summed E-state index contributed by atoms with van der Waals surface area (Å²) < 4.78 is 0. The van der Waals surface area contributed by atoms with Gasteiger partial charge < -0.3 is 11.1 Å². The van der Waals surface area contributed by atoms with Crippen LogP contribution in [0.2, 0.25) is 0 Å². The highest BCUT2D eigenvalue weighted by atomic mass is 16.1. The molecule has 1 saturated carbocycles. The Morgan fingerprint density at radius 3 is 2.33 bits per heavy atom. The van der Waals surface area contributed by atoms with Crippen molar-refractivity contribution in [1.82, 2.24) is 5.32 Å². The Labute approximate surface area is 74.7 Å². The van der Waals surface area contributed by atoms with Crippen molar-refractivity contribution in [1.29, 1.82) is 0 Å². The molecule has 0 aliphatic heterocycles. The zero-order valence-corrected chi connectivity index (χ0v) is 8.26. The molecule has 1 aliphatic rings. The molecule has 0 bridgehead atoms. The summed E-state index contributed by atoms with van der Waals surface area (Å²) in [6.45, 7) is 4.00. The Morgan fingerprint density at radius 2 is 2.00 bits per heavy atom. The summed E-state index contributed by atoms with van der Waals surface area (Å²) in [6.07, 6.45) is 2.82. The zero-order valence-electron chi connectivity index (χ0n) is 8.26. The van der Waals surface area contributed by atoms with Gasteiger partial charge in [-0.1, -0.05) is 13.8 Å². The van der Waals surface area contributed by atoms with Crippen molar-refractivity contribution < 1.29 is 4.79 Å². The van der Waals surface area contributed by atoms with E-state index >= 15 is 0 Å². The molecule has 3 nitrogen and oxygen atoms in total. The molecule has 0 spiro atoms. The SMILES string of the molecule is CC.CNC(=O)C1CCC(N)C1. The van der Waals surface area contributed by atoms with Crippen molar-refractivity contribution in [3.05, 3.63) is 0 Å². The lowest BCUT2D eigenvalue weighted by Gasteiger charge is -2.05. The van der Waals surface area contributed by atoms with Crippen molar-refractivity contribution in [2.24, 2.45) is 11.7 Å². The van der Waals surface area contributed by atoms with Crippen LogP contribution in [0.1, 0.15) is 33.1 Å². The minimum Gasteiger partial charge on any atom is -0.359 e. The van der Waals surface area contributed by atoms with E-state index in [0.29, 0.717) is 0 Å². The molecule has 0 aromatic rings. The molecule has 2 unspecified atom stereocenters. The van der Waals surface area contributed by atoms with E-state index in [1.807, 2.05) is 13.8 Å². The predicted molar refractivity (Wildman–Crippen MR) is 50.7 cm³/mol. The molecule has 3 heteroatoms. The van der Waals surface area contributed by atoms with E-state index in [9.17, 15) is 4.79 Å². The van der Waals surface area contributed by atoms with E-state index < -0.39 is 0 Å². The summed E-state index contributed by atoms with van der Waals surface area (Å²) in [5.41, 5.74) is 5.64. The van der Waals surface area contributed by atoms with Crippen LogP contribution in [0, 0.1) is 5.92 Å². The molecule has 72 valence electrons. The van der Waals surface area contributed by atoms with Gasteiger partial charge in [0.05, 0.1) is 0 Å². The first kappa shape index (κ1) is 11.4. The van der Waals surface area contributed by atoms with Gasteiger partial charge in [-0.25, -0.2) is 0 Å². The van der Waals surface area contributed by atoms with Gasteiger partial charge in [0.15, 0.2) is 0 Å². The highest BCUT2D eigenvalue weighted by molar-refractivity contribution is 5.78. The summed E-state index contributed by atoms with van der Waals surface area (Å²) in [5, 5.41) is 2.63. The second-order valence-electron chi connectivity index (χ2n) is 2.88. The topological polar surface area (TPSA) is 55.1 Å². The maximum atomic E-state index is 11.0. The first-order chi connectivity index (χ1) is 5.74. The fourth-order valence-electron chi connectivity index (χ4n) is 1.46. The normalized spacial score (nSPS) is 27.3. The lowest BCUT2D eigenvalue weighted by atomic mass is 10.1.